The van der Waals surface area contributed by atoms with Crippen molar-refractivity contribution in [3.63, 3.8) is 0 Å². The van der Waals surface area contributed by atoms with Gasteiger partial charge in [-0.05, 0) is 44.4 Å². The van der Waals surface area contributed by atoms with Gasteiger partial charge in [0.05, 0.1) is 38.1 Å². The summed E-state index contributed by atoms with van der Waals surface area (Å²) in [5.41, 5.74) is 0.713. The van der Waals surface area contributed by atoms with E-state index in [1.54, 1.807) is 30.3 Å². The van der Waals surface area contributed by atoms with Gasteiger partial charge in [0.1, 0.15) is 5.58 Å². The van der Waals surface area contributed by atoms with Crippen LogP contribution in [0.25, 0.3) is 11.0 Å². The first-order chi connectivity index (χ1) is 20.0. The summed E-state index contributed by atoms with van der Waals surface area (Å²) in [5, 5.41) is 12.2. The van der Waals surface area contributed by atoms with Gasteiger partial charge < -0.3 is 38.7 Å². The van der Waals surface area contributed by atoms with E-state index in [0.29, 0.717) is 75.3 Å². The molecule has 0 radical (unpaired) electrons. The van der Waals surface area contributed by atoms with Crippen LogP contribution in [0.3, 0.4) is 0 Å². The SMILES string of the molecule is CCO[C@@H]1OC(C(=O)NCCCN2CCCC2=O)=C[C@H](c2coc3ccccc3c2=O)[C@H]1CCOCCOCCO. The second kappa shape index (κ2) is 15.7. The van der Waals surface area contributed by atoms with Crippen LogP contribution in [0.15, 0.2) is 51.6 Å². The van der Waals surface area contributed by atoms with Crippen LogP contribution in [0.4, 0.5) is 0 Å². The molecule has 0 unspecified atom stereocenters. The van der Waals surface area contributed by atoms with Crippen molar-refractivity contribution in [1.29, 1.82) is 0 Å². The molecule has 1 aromatic heterocycles. The zero-order valence-corrected chi connectivity index (χ0v) is 23.5. The highest BCUT2D eigenvalue weighted by Gasteiger charge is 2.39. The summed E-state index contributed by atoms with van der Waals surface area (Å²) < 4.78 is 28.8. The van der Waals surface area contributed by atoms with E-state index in [9.17, 15) is 14.4 Å². The third kappa shape index (κ3) is 8.16. The van der Waals surface area contributed by atoms with E-state index >= 15 is 0 Å². The minimum absolute atomic E-state index is 0.0498. The van der Waals surface area contributed by atoms with Gasteiger partial charge in [0.2, 0.25) is 12.2 Å². The fraction of sp³-hybridized carbons (Fsp3) is 0.567. The number of aliphatic hydroxyl groups is 1. The first-order valence-corrected chi connectivity index (χ1v) is 14.4. The fourth-order valence-corrected chi connectivity index (χ4v) is 5.22. The Hall–Kier alpha value is -3.25. The van der Waals surface area contributed by atoms with Gasteiger partial charge in [-0.2, -0.15) is 0 Å². The zero-order chi connectivity index (χ0) is 29.0. The predicted molar refractivity (Wildman–Crippen MR) is 150 cm³/mol. The minimum Gasteiger partial charge on any atom is -0.464 e. The Kier molecular flexibility index (Phi) is 11.7. The molecule has 3 heterocycles. The molecule has 1 fully saturated rings. The molecule has 4 rings (SSSR count). The van der Waals surface area contributed by atoms with Gasteiger partial charge in [0, 0.05) is 56.7 Å². The molecule has 0 spiro atoms. The number of nitrogens with one attached hydrogen (secondary N) is 1. The summed E-state index contributed by atoms with van der Waals surface area (Å²) >= 11 is 0. The van der Waals surface area contributed by atoms with Crippen molar-refractivity contribution >= 4 is 22.8 Å². The lowest BCUT2D eigenvalue weighted by atomic mass is 9.81. The van der Waals surface area contributed by atoms with Crippen LogP contribution in [0, 0.1) is 5.92 Å². The average molecular weight is 573 g/mol. The summed E-state index contributed by atoms with van der Waals surface area (Å²) in [6.45, 7) is 5.15. The number of para-hydroxylation sites is 1. The lowest BCUT2D eigenvalue weighted by Crippen LogP contribution is -2.40. The van der Waals surface area contributed by atoms with Crippen LogP contribution in [-0.2, 0) is 28.5 Å². The maximum atomic E-state index is 13.6. The molecule has 3 atom stereocenters. The van der Waals surface area contributed by atoms with Crippen LogP contribution in [0.5, 0.6) is 0 Å². The van der Waals surface area contributed by atoms with Gasteiger partial charge in [0.15, 0.2) is 11.2 Å². The number of hydrogen-bond acceptors (Lipinski definition) is 9. The summed E-state index contributed by atoms with van der Waals surface area (Å²) in [7, 11) is 0. The first kappa shape index (κ1) is 30.7. The van der Waals surface area contributed by atoms with E-state index in [1.807, 2.05) is 11.8 Å². The highest BCUT2D eigenvalue weighted by atomic mass is 16.7. The van der Waals surface area contributed by atoms with Gasteiger partial charge in [-0.15, -0.1) is 0 Å². The van der Waals surface area contributed by atoms with E-state index in [-0.39, 0.29) is 36.2 Å². The van der Waals surface area contributed by atoms with E-state index in [1.165, 1.54) is 6.26 Å². The molecule has 11 nitrogen and oxygen atoms in total. The summed E-state index contributed by atoms with van der Waals surface area (Å²) in [6, 6.07) is 7.04. The standard InChI is InChI=1S/C30H40N2O9/c1-2-39-30-21(10-15-37-17-18-38-16-14-33)23(24-20-40-25-8-4-3-7-22(25)28(24)35)19-26(41-30)29(36)31-11-6-13-32-12-5-9-27(32)34/h3-4,7-8,19-21,23,30,33H,2,5-6,9-18H2,1H3,(H,31,36)/t21-,23+,30-/m1/s1. The molecule has 0 saturated carbocycles. The molecule has 2 aromatic rings. The topological polar surface area (TPSA) is 137 Å². The number of benzene rings is 1. The Labute approximate surface area is 239 Å². The van der Waals surface area contributed by atoms with E-state index in [2.05, 4.69) is 5.32 Å². The Bertz CT molecular complexity index is 1240. The number of ether oxygens (including phenoxy) is 4. The molecule has 0 bridgehead atoms. The van der Waals surface area contributed by atoms with Crippen molar-refractivity contribution in [2.45, 2.75) is 44.8 Å². The predicted octanol–water partition coefficient (Wildman–Crippen LogP) is 2.31. The van der Waals surface area contributed by atoms with Gasteiger partial charge in [-0.3, -0.25) is 14.4 Å². The number of likely N-dealkylation sites (tertiary alicyclic amines) is 1. The van der Waals surface area contributed by atoms with Crippen molar-refractivity contribution in [2.24, 2.45) is 5.92 Å². The molecule has 2 N–H and O–H groups in total. The number of hydrogen-bond donors (Lipinski definition) is 2. The number of fused-ring (bicyclic) bond motifs is 1. The quantitative estimate of drug-likeness (QED) is 0.290. The Morgan fingerprint density at radius 2 is 1.95 bits per heavy atom. The van der Waals surface area contributed by atoms with Gasteiger partial charge >= 0.3 is 0 Å². The molecule has 2 amide bonds. The third-order valence-electron chi connectivity index (χ3n) is 7.27. The van der Waals surface area contributed by atoms with Crippen molar-refractivity contribution in [2.75, 3.05) is 59.3 Å². The van der Waals surface area contributed by atoms with Crippen molar-refractivity contribution in [3.05, 3.63) is 58.2 Å². The number of amides is 2. The van der Waals surface area contributed by atoms with Crippen LogP contribution in [-0.4, -0.2) is 87.4 Å². The largest absolute Gasteiger partial charge is 0.464 e. The minimum atomic E-state index is -0.793. The normalized spacial score (nSPS) is 20.7. The molecule has 11 heteroatoms. The molecule has 41 heavy (non-hydrogen) atoms. The monoisotopic (exact) mass is 572 g/mol. The highest BCUT2D eigenvalue weighted by molar-refractivity contribution is 5.91. The number of aliphatic hydroxyl groups excluding tert-OH is 1. The smallest absolute Gasteiger partial charge is 0.286 e. The summed E-state index contributed by atoms with van der Waals surface area (Å²) in [4.78, 5) is 40.4. The molecule has 1 saturated heterocycles. The molecule has 2 aliphatic rings. The lowest BCUT2D eigenvalue weighted by Gasteiger charge is -2.36. The van der Waals surface area contributed by atoms with Gasteiger partial charge in [-0.1, -0.05) is 12.1 Å². The van der Waals surface area contributed by atoms with Crippen molar-refractivity contribution in [3.8, 4) is 0 Å². The lowest BCUT2D eigenvalue weighted by molar-refractivity contribution is -0.168. The highest BCUT2D eigenvalue weighted by Crippen LogP contribution is 2.38. The fourth-order valence-electron chi connectivity index (χ4n) is 5.22. The van der Waals surface area contributed by atoms with Gasteiger partial charge in [-0.25, -0.2) is 0 Å². The van der Waals surface area contributed by atoms with Crippen molar-refractivity contribution < 1.29 is 38.1 Å². The maximum absolute atomic E-state index is 13.6. The van der Waals surface area contributed by atoms with E-state index in [0.717, 1.165) is 13.0 Å². The van der Waals surface area contributed by atoms with Crippen molar-refractivity contribution in [1.82, 2.24) is 10.2 Å². The maximum Gasteiger partial charge on any atom is 0.286 e. The van der Waals surface area contributed by atoms with E-state index < -0.39 is 18.1 Å². The zero-order valence-electron chi connectivity index (χ0n) is 23.5. The number of carbonyl (C=O) groups excluding carboxylic acids is 2. The molecular formula is C30H40N2O9. The Balaban J connectivity index is 1.51. The second-order valence-corrected chi connectivity index (χ2v) is 10.0. The Morgan fingerprint density at radius 1 is 1.15 bits per heavy atom. The second-order valence-electron chi connectivity index (χ2n) is 10.0. The molecule has 224 valence electrons. The summed E-state index contributed by atoms with van der Waals surface area (Å²) in [6.07, 6.45) is 4.90. The molecule has 1 aromatic carbocycles. The molecule has 2 aliphatic heterocycles. The summed E-state index contributed by atoms with van der Waals surface area (Å²) in [5.74, 6) is -1.05. The molecule has 0 aliphatic carbocycles. The first-order valence-electron chi connectivity index (χ1n) is 14.4. The average Bonchev–Trinajstić information content (AvgIpc) is 3.40. The number of nitrogens with zero attached hydrogens (tertiary/aromatic N) is 1. The third-order valence-corrected chi connectivity index (χ3v) is 7.27. The number of rotatable bonds is 16. The van der Waals surface area contributed by atoms with Crippen LogP contribution >= 0.6 is 0 Å². The number of allylic oxidation sites excluding steroid dienone is 1. The van der Waals surface area contributed by atoms with Gasteiger partial charge in [0.25, 0.3) is 5.91 Å². The van der Waals surface area contributed by atoms with Crippen LogP contribution < -0.4 is 10.7 Å². The Morgan fingerprint density at radius 3 is 2.71 bits per heavy atom. The van der Waals surface area contributed by atoms with E-state index in [4.69, 9.17) is 28.5 Å². The van der Waals surface area contributed by atoms with Crippen LogP contribution in [0.2, 0.25) is 0 Å². The molecular weight excluding hydrogens is 532 g/mol. The number of carbonyl (C=O) groups is 2. The van der Waals surface area contributed by atoms with Crippen LogP contribution in [0.1, 0.15) is 44.1 Å².